The summed E-state index contributed by atoms with van der Waals surface area (Å²) >= 11 is 0. The SMILES string of the molecule is CC(C)NCC(=O)NN1CCCCC1. The van der Waals surface area contributed by atoms with Crippen LogP contribution in [0.4, 0.5) is 0 Å². The molecular formula is C10H21N3O. The fourth-order valence-corrected chi connectivity index (χ4v) is 1.52. The molecule has 0 aromatic heterocycles. The van der Waals surface area contributed by atoms with Crippen LogP contribution in [0.25, 0.3) is 0 Å². The molecule has 0 radical (unpaired) electrons. The predicted octanol–water partition coefficient (Wildman–Crippen LogP) is 0.501. The molecule has 14 heavy (non-hydrogen) atoms. The van der Waals surface area contributed by atoms with Crippen LogP contribution >= 0.6 is 0 Å². The fraction of sp³-hybridized carbons (Fsp3) is 0.900. The second kappa shape index (κ2) is 5.98. The van der Waals surface area contributed by atoms with Crippen LogP contribution in [-0.2, 0) is 4.79 Å². The number of rotatable bonds is 4. The Kier molecular flexibility index (Phi) is 4.90. The molecule has 1 amide bonds. The molecule has 0 spiro atoms. The molecule has 0 saturated carbocycles. The number of hydrazine groups is 1. The summed E-state index contributed by atoms with van der Waals surface area (Å²) in [4.78, 5) is 11.4. The first-order valence-corrected chi connectivity index (χ1v) is 5.46. The first-order valence-electron chi connectivity index (χ1n) is 5.46. The molecule has 0 atom stereocenters. The van der Waals surface area contributed by atoms with E-state index in [4.69, 9.17) is 0 Å². The third-order valence-corrected chi connectivity index (χ3v) is 2.31. The lowest BCUT2D eigenvalue weighted by molar-refractivity contribution is -0.125. The van der Waals surface area contributed by atoms with Gasteiger partial charge in [-0.2, -0.15) is 0 Å². The Labute approximate surface area is 86.0 Å². The van der Waals surface area contributed by atoms with Crippen LogP contribution in [0.3, 0.4) is 0 Å². The largest absolute Gasteiger partial charge is 0.306 e. The molecule has 0 bridgehead atoms. The van der Waals surface area contributed by atoms with Crippen LogP contribution in [0, 0.1) is 0 Å². The van der Waals surface area contributed by atoms with Crippen LogP contribution in [0.15, 0.2) is 0 Å². The van der Waals surface area contributed by atoms with Gasteiger partial charge in [-0.05, 0) is 12.8 Å². The van der Waals surface area contributed by atoms with E-state index in [-0.39, 0.29) is 5.91 Å². The van der Waals surface area contributed by atoms with Crippen LogP contribution < -0.4 is 10.7 Å². The average Bonchev–Trinajstić information content (AvgIpc) is 2.16. The van der Waals surface area contributed by atoms with Crippen LogP contribution in [-0.4, -0.2) is 36.6 Å². The van der Waals surface area contributed by atoms with Crippen molar-refractivity contribution in [2.24, 2.45) is 0 Å². The highest BCUT2D eigenvalue weighted by molar-refractivity contribution is 5.77. The van der Waals surface area contributed by atoms with Crippen molar-refractivity contribution in [3.05, 3.63) is 0 Å². The van der Waals surface area contributed by atoms with Crippen molar-refractivity contribution in [1.82, 2.24) is 15.8 Å². The Hall–Kier alpha value is -0.610. The molecule has 0 aliphatic carbocycles. The minimum absolute atomic E-state index is 0.0700. The Morgan fingerprint density at radius 1 is 1.29 bits per heavy atom. The molecule has 82 valence electrons. The molecule has 0 aromatic rings. The van der Waals surface area contributed by atoms with Gasteiger partial charge in [0.25, 0.3) is 0 Å². The van der Waals surface area contributed by atoms with Gasteiger partial charge in [0.05, 0.1) is 6.54 Å². The zero-order valence-corrected chi connectivity index (χ0v) is 9.18. The van der Waals surface area contributed by atoms with E-state index in [1.807, 2.05) is 18.9 Å². The summed E-state index contributed by atoms with van der Waals surface area (Å²) in [5.74, 6) is 0.0700. The van der Waals surface area contributed by atoms with Gasteiger partial charge in [0.2, 0.25) is 5.91 Å². The lowest BCUT2D eigenvalue weighted by atomic mass is 10.2. The van der Waals surface area contributed by atoms with Gasteiger partial charge in [0.1, 0.15) is 0 Å². The van der Waals surface area contributed by atoms with Crippen molar-refractivity contribution < 1.29 is 4.79 Å². The molecule has 1 aliphatic rings. The molecule has 2 N–H and O–H groups in total. The number of carbonyl (C=O) groups excluding carboxylic acids is 1. The zero-order chi connectivity index (χ0) is 10.4. The Morgan fingerprint density at radius 2 is 1.93 bits per heavy atom. The van der Waals surface area contributed by atoms with Crippen LogP contribution in [0.5, 0.6) is 0 Å². The van der Waals surface area contributed by atoms with Gasteiger partial charge in [0, 0.05) is 19.1 Å². The first-order chi connectivity index (χ1) is 6.68. The molecule has 4 heteroatoms. The Balaban J connectivity index is 2.12. The molecule has 4 nitrogen and oxygen atoms in total. The molecule has 1 heterocycles. The number of nitrogens with one attached hydrogen (secondary N) is 2. The summed E-state index contributed by atoms with van der Waals surface area (Å²) in [5.41, 5.74) is 2.91. The number of nitrogens with zero attached hydrogens (tertiary/aromatic N) is 1. The third kappa shape index (κ3) is 4.58. The van der Waals surface area contributed by atoms with Crippen molar-refractivity contribution in [2.45, 2.75) is 39.2 Å². The van der Waals surface area contributed by atoms with E-state index in [0.29, 0.717) is 12.6 Å². The van der Waals surface area contributed by atoms with Gasteiger partial charge in [-0.1, -0.05) is 20.3 Å². The average molecular weight is 199 g/mol. The van der Waals surface area contributed by atoms with Crippen molar-refractivity contribution >= 4 is 5.91 Å². The summed E-state index contributed by atoms with van der Waals surface area (Å²) in [6, 6.07) is 0.363. The van der Waals surface area contributed by atoms with Gasteiger partial charge in [-0.3, -0.25) is 10.2 Å². The summed E-state index contributed by atoms with van der Waals surface area (Å²) < 4.78 is 0. The van der Waals surface area contributed by atoms with Gasteiger partial charge in [0.15, 0.2) is 0 Å². The number of hydrogen-bond donors (Lipinski definition) is 2. The summed E-state index contributed by atoms with van der Waals surface area (Å²) in [5, 5.41) is 5.12. The molecule has 1 fully saturated rings. The van der Waals surface area contributed by atoms with E-state index < -0.39 is 0 Å². The number of amides is 1. The molecule has 1 rings (SSSR count). The summed E-state index contributed by atoms with van der Waals surface area (Å²) in [7, 11) is 0. The maximum Gasteiger partial charge on any atom is 0.248 e. The highest BCUT2D eigenvalue weighted by Crippen LogP contribution is 2.05. The van der Waals surface area contributed by atoms with E-state index in [9.17, 15) is 4.79 Å². The molecule has 1 saturated heterocycles. The Morgan fingerprint density at radius 3 is 2.50 bits per heavy atom. The van der Waals surface area contributed by atoms with E-state index in [1.54, 1.807) is 0 Å². The fourth-order valence-electron chi connectivity index (χ4n) is 1.52. The van der Waals surface area contributed by atoms with Crippen molar-refractivity contribution in [3.63, 3.8) is 0 Å². The second-order valence-electron chi connectivity index (χ2n) is 4.12. The predicted molar refractivity (Wildman–Crippen MR) is 56.7 cm³/mol. The van der Waals surface area contributed by atoms with E-state index >= 15 is 0 Å². The maximum atomic E-state index is 11.4. The van der Waals surface area contributed by atoms with Gasteiger partial charge in [-0.15, -0.1) is 0 Å². The highest BCUT2D eigenvalue weighted by atomic mass is 16.2. The molecular weight excluding hydrogens is 178 g/mol. The smallest absolute Gasteiger partial charge is 0.248 e. The summed E-state index contributed by atoms with van der Waals surface area (Å²) in [6.07, 6.45) is 3.67. The topological polar surface area (TPSA) is 44.4 Å². The van der Waals surface area contributed by atoms with Crippen molar-refractivity contribution in [1.29, 1.82) is 0 Å². The lowest BCUT2D eigenvalue weighted by Crippen LogP contribution is -2.48. The van der Waals surface area contributed by atoms with E-state index in [1.165, 1.54) is 19.3 Å². The standard InChI is InChI=1S/C10H21N3O/c1-9(2)11-8-10(14)12-13-6-4-3-5-7-13/h9,11H,3-8H2,1-2H3,(H,12,14). The number of carbonyl (C=O) groups is 1. The van der Waals surface area contributed by atoms with Crippen LogP contribution in [0.2, 0.25) is 0 Å². The molecule has 0 unspecified atom stereocenters. The third-order valence-electron chi connectivity index (χ3n) is 2.31. The zero-order valence-electron chi connectivity index (χ0n) is 9.18. The molecule has 0 aromatic carbocycles. The van der Waals surface area contributed by atoms with Gasteiger partial charge in [-0.25, -0.2) is 5.01 Å². The number of piperidine rings is 1. The van der Waals surface area contributed by atoms with Crippen LogP contribution in [0.1, 0.15) is 33.1 Å². The van der Waals surface area contributed by atoms with E-state index in [0.717, 1.165) is 13.1 Å². The maximum absolute atomic E-state index is 11.4. The van der Waals surface area contributed by atoms with Gasteiger partial charge >= 0.3 is 0 Å². The minimum atomic E-state index is 0.0700. The monoisotopic (exact) mass is 199 g/mol. The van der Waals surface area contributed by atoms with E-state index in [2.05, 4.69) is 10.7 Å². The normalized spacial score (nSPS) is 18.5. The Bertz CT molecular complexity index is 176. The first kappa shape index (κ1) is 11.5. The quantitative estimate of drug-likeness (QED) is 0.693. The summed E-state index contributed by atoms with van der Waals surface area (Å²) in [6.45, 7) is 6.47. The van der Waals surface area contributed by atoms with Crippen molar-refractivity contribution in [3.8, 4) is 0 Å². The highest BCUT2D eigenvalue weighted by Gasteiger charge is 2.12. The minimum Gasteiger partial charge on any atom is -0.306 e. The van der Waals surface area contributed by atoms with Gasteiger partial charge < -0.3 is 5.32 Å². The second-order valence-corrected chi connectivity index (χ2v) is 4.12. The number of hydrogen-bond acceptors (Lipinski definition) is 3. The lowest BCUT2D eigenvalue weighted by Gasteiger charge is -2.26. The molecule has 1 aliphatic heterocycles. The van der Waals surface area contributed by atoms with Crippen molar-refractivity contribution in [2.75, 3.05) is 19.6 Å².